The van der Waals surface area contributed by atoms with Crippen LogP contribution in [-0.2, 0) is 4.79 Å². The molecule has 0 aliphatic heterocycles. The van der Waals surface area contributed by atoms with Crippen LogP contribution in [0.25, 0.3) is 0 Å². The van der Waals surface area contributed by atoms with Crippen molar-refractivity contribution in [3.63, 3.8) is 0 Å². The molecule has 0 aromatic carbocycles. The van der Waals surface area contributed by atoms with Gasteiger partial charge in [0.1, 0.15) is 0 Å². The molecule has 0 aliphatic carbocycles. The zero-order valence-corrected chi connectivity index (χ0v) is 12.0. The Kier molecular flexibility index (Phi) is 11.3. The second kappa shape index (κ2) is 12.2. The summed E-state index contributed by atoms with van der Waals surface area (Å²) in [6.45, 7) is 6.96. The largest absolute Gasteiger partial charge is 0.352 e. The molecule has 0 fully saturated rings. The molecule has 1 N–H and O–H groups in total. The van der Waals surface area contributed by atoms with E-state index in [1.165, 1.54) is 0 Å². The van der Waals surface area contributed by atoms with Crippen molar-refractivity contribution in [1.82, 2.24) is 5.32 Å². The first-order valence-corrected chi connectivity index (χ1v) is 6.87. The molecule has 2 heteroatoms. The lowest BCUT2D eigenvalue weighted by atomic mass is 10.2. The molecule has 0 aliphatic rings. The minimum absolute atomic E-state index is 0.0146. The predicted molar refractivity (Wildman–Crippen MR) is 79.4 cm³/mol. The Bertz CT molecular complexity index is 287. The fourth-order valence-corrected chi connectivity index (χ4v) is 1.34. The monoisotopic (exact) mass is 249 g/mol. The van der Waals surface area contributed by atoms with Crippen LogP contribution in [0.2, 0.25) is 0 Å². The van der Waals surface area contributed by atoms with Gasteiger partial charge in [-0.2, -0.15) is 0 Å². The van der Waals surface area contributed by atoms with Gasteiger partial charge < -0.3 is 5.32 Å². The van der Waals surface area contributed by atoms with Crippen LogP contribution in [0.15, 0.2) is 36.5 Å². The van der Waals surface area contributed by atoms with Crippen LogP contribution < -0.4 is 5.32 Å². The molecule has 18 heavy (non-hydrogen) atoms. The van der Waals surface area contributed by atoms with Crippen LogP contribution in [-0.4, -0.2) is 12.5 Å². The Morgan fingerprint density at radius 2 is 1.56 bits per heavy atom. The van der Waals surface area contributed by atoms with E-state index in [1.54, 1.807) is 6.08 Å². The van der Waals surface area contributed by atoms with Crippen LogP contribution in [0.1, 0.15) is 46.5 Å². The number of amides is 1. The minimum Gasteiger partial charge on any atom is -0.352 e. The lowest BCUT2D eigenvalue weighted by molar-refractivity contribution is -0.116. The fraction of sp³-hybridized carbons (Fsp3) is 0.562. The molecule has 0 atom stereocenters. The van der Waals surface area contributed by atoms with Gasteiger partial charge in [0, 0.05) is 6.54 Å². The first-order chi connectivity index (χ1) is 8.66. The molecule has 0 radical (unpaired) electrons. The van der Waals surface area contributed by atoms with Crippen molar-refractivity contribution in [2.24, 2.45) is 5.92 Å². The molecule has 0 aromatic heterocycles. The third-order valence-electron chi connectivity index (χ3n) is 2.36. The summed E-state index contributed by atoms with van der Waals surface area (Å²) in [5.41, 5.74) is 0. The maximum Gasteiger partial charge on any atom is 0.243 e. The normalized spacial score (nSPS) is 12.2. The highest BCUT2D eigenvalue weighted by molar-refractivity contribution is 5.87. The van der Waals surface area contributed by atoms with E-state index in [2.05, 4.69) is 43.5 Å². The van der Waals surface area contributed by atoms with E-state index in [0.717, 1.165) is 32.2 Å². The van der Waals surface area contributed by atoms with Crippen LogP contribution in [0.3, 0.4) is 0 Å². The van der Waals surface area contributed by atoms with Crippen LogP contribution in [0.5, 0.6) is 0 Å². The number of carbonyl (C=O) groups is 1. The molecule has 0 saturated heterocycles. The van der Waals surface area contributed by atoms with Gasteiger partial charge in [-0.1, -0.05) is 44.2 Å². The molecule has 1 amide bonds. The van der Waals surface area contributed by atoms with E-state index in [1.807, 2.05) is 13.0 Å². The van der Waals surface area contributed by atoms with Crippen LogP contribution >= 0.6 is 0 Å². The molecule has 0 unspecified atom stereocenters. The number of allylic oxidation sites excluding steroid dienone is 5. The van der Waals surface area contributed by atoms with Gasteiger partial charge in [0.2, 0.25) is 5.91 Å². The number of carbonyl (C=O) groups excluding carboxylic acids is 1. The van der Waals surface area contributed by atoms with E-state index in [0.29, 0.717) is 5.92 Å². The smallest absolute Gasteiger partial charge is 0.243 e. The summed E-state index contributed by atoms with van der Waals surface area (Å²) < 4.78 is 0. The van der Waals surface area contributed by atoms with Crippen LogP contribution in [0.4, 0.5) is 0 Å². The molecule has 0 bridgehead atoms. The molecule has 0 aromatic rings. The first-order valence-electron chi connectivity index (χ1n) is 6.87. The summed E-state index contributed by atoms with van der Waals surface area (Å²) in [6.07, 6.45) is 16.3. The molecular weight excluding hydrogens is 222 g/mol. The average molecular weight is 249 g/mol. The molecule has 0 heterocycles. The second-order valence-electron chi connectivity index (χ2n) is 4.74. The second-order valence-corrected chi connectivity index (χ2v) is 4.74. The van der Waals surface area contributed by atoms with E-state index in [4.69, 9.17) is 0 Å². The molecule has 102 valence electrons. The van der Waals surface area contributed by atoms with E-state index >= 15 is 0 Å². The minimum atomic E-state index is 0.0146. The highest BCUT2D eigenvalue weighted by atomic mass is 16.1. The van der Waals surface area contributed by atoms with Crippen molar-refractivity contribution < 1.29 is 4.79 Å². The van der Waals surface area contributed by atoms with Crippen LogP contribution in [0, 0.1) is 5.92 Å². The number of hydrogen-bond acceptors (Lipinski definition) is 1. The SMILES string of the molecule is C/C=C/CC/C=C\CC/C=C\C(=O)NCC(C)C. The summed E-state index contributed by atoms with van der Waals surface area (Å²) in [4.78, 5) is 11.3. The van der Waals surface area contributed by atoms with Crippen molar-refractivity contribution in [3.8, 4) is 0 Å². The standard InChI is InChI=1S/C16H27NO/c1-4-5-6-7-8-9-10-11-12-13-16(18)17-14-15(2)3/h4-5,8-9,12-13,15H,6-7,10-11,14H2,1-3H3,(H,17,18)/b5-4+,9-8-,13-12-. The highest BCUT2D eigenvalue weighted by Crippen LogP contribution is 1.97. The average Bonchev–Trinajstić information content (AvgIpc) is 2.34. The quantitative estimate of drug-likeness (QED) is 0.373. The van der Waals surface area contributed by atoms with Gasteiger partial charge in [0.25, 0.3) is 0 Å². The van der Waals surface area contributed by atoms with Gasteiger partial charge in [-0.25, -0.2) is 0 Å². The third-order valence-corrected chi connectivity index (χ3v) is 2.36. The summed E-state index contributed by atoms with van der Waals surface area (Å²) in [6, 6.07) is 0. The van der Waals surface area contributed by atoms with Crippen molar-refractivity contribution in [2.75, 3.05) is 6.54 Å². The topological polar surface area (TPSA) is 29.1 Å². The summed E-state index contributed by atoms with van der Waals surface area (Å²) >= 11 is 0. The van der Waals surface area contributed by atoms with Gasteiger partial charge in [0.05, 0.1) is 0 Å². The van der Waals surface area contributed by atoms with Gasteiger partial charge in [-0.05, 0) is 44.6 Å². The molecule has 0 spiro atoms. The number of hydrogen-bond donors (Lipinski definition) is 1. The zero-order valence-electron chi connectivity index (χ0n) is 12.0. The lowest BCUT2D eigenvalue weighted by Gasteiger charge is -2.03. The summed E-state index contributed by atoms with van der Waals surface area (Å²) in [7, 11) is 0. The summed E-state index contributed by atoms with van der Waals surface area (Å²) in [5.74, 6) is 0.517. The maximum absolute atomic E-state index is 11.3. The Balaban J connectivity index is 3.49. The van der Waals surface area contributed by atoms with Crippen molar-refractivity contribution in [2.45, 2.75) is 46.5 Å². The lowest BCUT2D eigenvalue weighted by Crippen LogP contribution is -2.25. The Morgan fingerprint density at radius 1 is 1.00 bits per heavy atom. The first kappa shape index (κ1) is 16.7. The zero-order chi connectivity index (χ0) is 13.6. The van der Waals surface area contributed by atoms with E-state index in [-0.39, 0.29) is 5.91 Å². The number of unbranched alkanes of at least 4 members (excludes halogenated alkanes) is 2. The Morgan fingerprint density at radius 3 is 2.11 bits per heavy atom. The summed E-state index contributed by atoms with van der Waals surface area (Å²) in [5, 5.41) is 2.86. The van der Waals surface area contributed by atoms with Crippen molar-refractivity contribution in [3.05, 3.63) is 36.5 Å². The van der Waals surface area contributed by atoms with Gasteiger partial charge in [0.15, 0.2) is 0 Å². The van der Waals surface area contributed by atoms with E-state index < -0.39 is 0 Å². The Hall–Kier alpha value is -1.31. The maximum atomic E-state index is 11.3. The van der Waals surface area contributed by atoms with Crippen molar-refractivity contribution in [1.29, 1.82) is 0 Å². The predicted octanol–water partition coefficient (Wildman–Crippen LogP) is 4.01. The number of rotatable bonds is 9. The fourth-order valence-electron chi connectivity index (χ4n) is 1.34. The van der Waals surface area contributed by atoms with Gasteiger partial charge in [-0.3, -0.25) is 4.79 Å². The molecule has 2 nitrogen and oxygen atoms in total. The van der Waals surface area contributed by atoms with Crippen molar-refractivity contribution >= 4 is 5.91 Å². The number of nitrogens with one attached hydrogen (secondary N) is 1. The third kappa shape index (κ3) is 12.8. The van der Waals surface area contributed by atoms with Gasteiger partial charge in [-0.15, -0.1) is 0 Å². The highest BCUT2D eigenvalue weighted by Gasteiger charge is 1.96. The van der Waals surface area contributed by atoms with Gasteiger partial charge >= 0.3 is 0 Å². The Labute approximate surface area is 112 Å². The van der Waals surface area contributed by atoms with E-state index in [9.17, 15) is 4.79 Å². The molecule has 0 saturated carbocycles. The molecular formula is C16H27NO. The molecule has 0 rings (SSSR count).